The molecular formula is C15H24N2. The maximum Gasteiger partial charge on any atom is 0.0281 e. The number of hydrogen-bond donors (Lipinski definition) is 1. The van der Waals surface area contributed by atoms with Crippen LogP contribution in [-0.2, 0) is 6.54 Å². The predicted octanol–water partition coefficient (Wildman–Crippen LogP) is 2.49. The highest BCUT2D eigenvalue weighted by molar-refractivity contribution is 5.33. The zero-order chi connectivity index (χ0) is 12.5. The monoisotopic (exact) mass is 232 g/mol. The van der Waals surface area contributed by atoms with E-state index in [2.05, 4.69) is 56.1 Å². The van der Waals surface area contributed by atoms with Gasteiger partial charge in [0.1, 0.15) is 0 Å². The van der Waals surface area contributed by atoms with Gasteiger partial charge in [0.2, 0.25) is 0 Å². The zero-order valence-corrected chi connectivity index (χ0v) is 11.5. The van der Waals surface area contributed by atoms with Crippen molar-refractivity contribution in [3.8, 4) is 0 Å². The van der Waals surface area contributed by atoms with Crippen LogP contribution in [0.3, 0.4) is 0 Å². The molecule has 0 saturated carbocycles. The van der Waals surface area contributed by atoms with Gasteiger partial charge in [-0.05, 0) is 44.4 Å². The van der Waals surface area contributed by atoms with Crippen LogP contribution < -0.4 is 5.32 Å². The molecule has 1 heterocycles. The summed E-state index contributed by atoms with van der Waals surface area (Å²) in [6.45, 7) is 13.5. The van der Waals surface area contributed by atoms with Gasteiger partial charge in [-0.1, -0.05) is 18.2 Å². The Labute approximate surface area is 105 Å². The van der Waals surface area contributed by atoms with Crippen molar-refractivity contribution >= 4 is 0 Å². The third-order valence-electron chi connectivity index (χ3n) is 4.05. The first kappa shape index (κ1) is 12.6. The number of nitrogens with zero attached hydrogens (tertiary/aromatic N) is 1. The van der Waals surface area contributed by atoms with Crippen molar-refractivity contribution in [3.63, 3.8) is 0 Å². The quantitative estimate of drug-likeness (QED) is 0.843. The normalized spacial score (nSPS) is 20.5. The molecule has 0 unspecified atom stereocenters. The molecule has 1 fully saturated rings. The van der Waals surface area contributed by atoms with Crippen LogP contribution in [0.15, 0.2) is 18.2 Å². The Morgan fingerprint density at radius 3 is 2.76 bits per heavy atom. The fourth-order valence-electron chi connectivity index (χ4n) is 2.50. The van der Waals surface area contributed by atoms with E-state index in [0.717, 1.165) is 26.2 Å². The average molecular weight is 232 g/mol. The fraction of sp³-hybridized carbons (Fsp3) is 0.600. The predicted molar refractivity (Wildman–Crippen MR) is 73.3 cm³/mol. The highest BCUT2D eigenvalue weighted by Gasteiger charge is 2.29. The van der Waals surface area contributed by atoms with E-state index in [0.29, 0.717) is 0 Å². The molecule has 17 heavy (non-hydrogen) atoms. The Hall–Kier alpha value is -0.860. The molecule has 0 aromatic heterocycles. The smallest absolute Gasteiger partial charge is 0.0281 e. The molecule has 1 N–H and O–H groups in total. The van der Waals surface area contributed by atoms with Gasteiger partial charge >= 0.3 is 0 Å². The molecule has 2 rings (SSSR count). The summed E-state index contributed by atoms with van der Waals surface area (Å²) in [7, 11) is 0. The molecule has 1 aromatic carbocycles. The van der Waals surface area contributed by atoms with Gasteiger partial charge < -0.3 is 5.32 Å². The van der Waals surface area contributed by atoms with Crippen LogP contribution >= 0.6 is 0 Å². The van der Waals surface area contributed by atoms with Crippen molar-refractivity contribution in [1.82, 2.24) is 10.2 Å². The Kier molecular flexibility index (Phi) is 3.55. The minimum absolute atomic E-state index is 0.258. The third-order valence-corrected chi connectivity index (χ3v) is 4.05. The Bertz CT molecular complexity index is 396. The summed E-state index contributed by atoms with van der Waals surface area (Å²) in [5.74, 6) is 0. The highest BCUT2D eigenvalue weighted by atomic mass is 15.2. The summed E-state index contributed by atoms with van der Waals surface area (Å²) >= 11 is 0. The van der Waals surface area contributed by atoms with E-state index in [1.165, 1.54) is 16.7 Å². The van der Waals surface area contributed by atoms with Gasteiger partial charge in [-0.15, -0.1) is 0 Å². The lowest BCUT2D eigenvalue weighted by Gasteiger charge is -2.43. The van der Waals surface area contributed by atoms with Crippen LogP contribution in [0.4, 0.5) is 0 Å². The van der Waals surface area contributed by atoms with E-state index in [1.54, 1.807) is 0 Å². The molecule has 0 aliphatic carbocycles. The highest BCUT2D eigenvalue weighted by Crippen LogP contribution is 2.22. The van der Waals surface area contributed by atoms with Gasteiger partial charge in [0.05, 0.1) is 0 Å². The van der Waals surface area contributed by atoms with E-state index >= 15 is 0 Å². The standard InChI is InChI=1S/C15H24N2/c1-12-6-5-7-14(13(12)2)10-17-9-8-16-11-15(17,3)4/h5-7,16H,8-11H2,1-4H3. The van der Waals surface area contributed by atoms with Crippen molar-refractivity contribution in [2.75, 3.05) is 19.6 Å². The third kappa shape index (κ3) is 2.70. The fourth-order valence-corrected chi connectivity index (χ4v) is 2.50. The Morgan fingerprint density at radius 2 is 2.06 bits per heavy atom. The number of nitrogens with one attached hydrogen (secondary N) is 1. The maximum atomic E-state index is 3.48. The Balaban J connectivity index is 2.17. The van der Waals surface area contributed by atoms with Crippen molar-refractivity contribution in [2.24, 2.45) is 0 Å². The molecule has 1 saturated heterocycles. The molecule has 0 spiro atoms. The second-order valence-corrected chi connectivity index (χ2v) is 5.77. The number of hydrogen-bond acceptors (Lipinski definition) is 2. The molecule has 2 heteroatoms. The summed E-state index contributed by atoms with van der Waals surface area (Å²) in [6.07, 6.45) is 0. The molecule has 2 nitrogen and oxygen atoms in total. The van der Waals surface area contributed by atoms with Gasteiger partial charge in [0.15, 0.2) is 0 Å². The summed E-state index contributed by atoms with van der Waals surface area (Å²) in [5, 5.41) is 3.48. The minimum atomic E-state index is 0.258. The van der Waals surface area contributed by atoms with E-state index in [9.17, 15) is 0 Å². The van der Waals surface area contributed by atoms with Crippen LogP contribution in [0.25, 0.3) is 0 Å². The van der Waals surface area contributed by atoms with Crippen molar-refractivity contribution < 1.29 is 0 Å². The lowest BCUT2D eigenvalue weighted by Crippen LogP contribution is -2.57. The topological polar surface area (TPSA) is 15.3 Å². The van der Waals surface area contributed by atoms with Gasteiger partial charge in [-0.25, -0.2) is 0 Å². The first-order chi connectivity index (χ1) is 8.00. The minimum Gasteiger partial charge on any atom is -0.314 e. The first-order valence-corrected chi connectivity index (χ1v) is 6.51. The van der Waals surface area contributed by atoms with Gasteiger partial charge in [-0.2, -0.15) is 0 Å². The van der Waals surface area contributed by atoms with Gasteiger partial charge in [-0.3, -0.25) is 4.90 Å². The van der Waals surface area contributed by atoms with E-state index in [4.69, 9.17) is 0 Å². The van der Waals surface area contributed by atoms with Gasteiger partial charge in [0.25, 0.3) is 0 Å². The summed E-state index contributed by atoms with van der Waals surface area (Å²) in [6, 6.07) is 6.63. The lowest BCUT2D eigenvalue weighted by atomic mass is 9.97. The summed E-state index contributed by atoms with van der Waals surface area (Å²) in [4.78, 5) is 2.59. The second kappa shape index (κ2) is 4.79. The molecule has 94 valence electrons. The van der Waals surface area contributed by atoms with E-state index < -0.39 is 0 Å². The van der Waals surface area contributed by atoms with Crippen LogP contribution in [-0.4, -0.2) is 30.1 Å². The lowest BCUT2D eigenvalue weighted by molar-refractivity contribution is 0.0825. The molecule has 0 radical (unpaired) electrons. The summed E-state index contributed by atoms with van der Waals surface area (Å²) in [5.41, 5.74) is 4.58. The van der Waals surface area contributed by atoms with Gasteiger partial charge in [0, 0.05) is 31.7 Å². The summed E-state index contributed by atoms with van der Waals surface area (Å²) < 4.78 is 0. The number of piperazine rings is 1. The molecular weight excluding hydrogens is 208 g/mol. The molecule has 0 amide bonds. The Morgan fingerprint density at radius 1 is 1.29 bits per heavy atom. The molecule has 0 atom stereocenters. The van der Waals surface area contributed by atoms with Crippen LogP contribution in [0.1, 0.15) is 30.5 Å². The number of rotatable bonds is 2. The largest absolute Gasteiger partial charge is 0.314 e. The van der Waals surface area contributed by atoms with Crippen molar-refractivity contribution in [3.05, 3.63) is 34.9 Å². The average Bonchev–Trinajstić information content (AvgIpc) is 2.27. The van der Waals surface area contributed by atoms with Crippen molar-refractivity contribution in [2.45, 2.75) is 39.8 Å². The van der Waals surface area contributed by atoms with E-state index in [-0.39, 0.29) is 5.54 Å². The molecule has 1 aromatic rings. The molecule has 1 aliphatic rings. The van der Waals surface area contributed by atoms with E-state index in [1.807, 2.05) is 0 Å². The second-order valence-electron chi connectivity index (χ2n) is 5.77. The maximum absolute atomic E-state index is 3.48. The van der Waals surface area contributed by atoms with Crippen molar-refractivity contribution in [1.29, 1.82) is 0 Å². The number of benzene rings is 1. The van der Waals surface area contributed by atoms with Crippen LogP contribution in [0, 0.1) is 13.8 Å². The number of aryl methyl sites for hydroxylation is 1. The first-order valence-electron chi connectivity index (χ1n) is 6.51. The van der Waals surface area contributed by atoms with Crippen LogP contribution in [0.5, 0.6) is 0 Å². The molecule has 1 aliphatic heterocycles. The van der Waals surface area contributed by atoms with Crippen LogP contribution in [0.2, 0.25) is 0 Å². The zero-order valence-electron chi connectivity index (χ0n) is 11.5. The molecule has 0 bridgehead atoms. The SMILES string of the molecule is Cc1cccc(CN2CCNCC2(C)C)c1C.